The summed E-state index contributed by atoms with van der Waals surface area (Å²) in [6.45, 7) is 5.18. The molecule has 3 heteroatoms. The molecular formula is C15H27ClO2. The lowest BCUT2D eigenvalue weighted by Crippen LogP contribution is -2.14. The topological polar surface area (TPSA) is 18.5 Å². The molecule has 0 unspecified atom stereocenters. The molecule has 0 amide bonds. The molecule has 18 heavy (non-hydrogen) atoms. The largest absolute Gasteiger partial charge is 0.342 e. The van der Waals surface area contributed by atoms with Gasteiger partial charge in [0, 0.05) is 25.5 Å². The highest BCUT2D eigenvalue weighted by Gasteiger charge is 2.00. The Kier molecular flexibility index (Phi) is 14.6. The Hall–Kier alpha value is -0.230. The van der Waals surface area contributed by atoms with Gasteiger partial charge in [-0.05, 0) is 32.6 Å². The molecule has 0 fully saturated rings. The van der Waals surface area contributed by atoms with Crippen molar-refractivity contribution < 1.29 is 9.47 Å². The maximum atomic E-state index is 5.62. The van der Waals surface area contributed by atoms with Gasteiger partial charge in [0.05, 0.1) is 0 Å². The van der Waals surface area contributed by atoms with Gasteiger partial charge in [-0.2, -0.15) is 0 Å². The van der Waals surface area contributed by atoms with Crippen molar-refractivity contribution in [2.24, 2.45) is 0 Å². The van der Waals surface area contributed by atoms with Crippen LogP contribution in [0.5, 0.6) is 0 Å². The van der Waals surface area contributed by atoms with E-state index in [1.54, 1.807) is 0 Å². The van der Waals surface area contributed by atoms with E-state index in [9.17, 15) is 0 Å². The number of ether oxygens (including phenoxy) is 2. The molecule has 0 aromatic heterocycles. The van der Waals surface area contributed by atoms with Crippen LogP contribution in [0.15, 0.2) is 0 Å². The van der Waals surface area contributed by atoms with E-state index in [-0.39, 0.29) is 6.29 Å². The molecule has 0 bridgehead atoms. The monoisotopic (exact) mass is 274 g/mol. The first-order valence-corrected chi connectivity index (χ1v) is 7.66. The van der Waals surface area contributed by atoms with Crippen molar-refractivity contribution in [1.82, 2.24) is 0 Å². The maximum absolute atomic E-state index is 5.62. The van der Waals surface area contributed by atoms with Gasteiger partial charge < -0.3 is 9.47 Å². The fourth-order valence-electron chi connectivity index (χ4n) is 1.60. The fraction of sp³-hybridized carbons (Fsp3) is 0.867. The molecule has 0 spiro atoms. The molecule has 0 aromatic carbocycles. The SMILES string of the molecule is CCOC(C#CCCCCCCCCCl)OCC. The van der Waals surface area contributed by atoms with Crippen LogP contribution < -0.4 is 0 Å². The molecule has 0 heterocycles. The molecule has 2 nitrogen and oxygen atoms in total. The average molecular weight is 275 g/mol. The van der Waals surface area contributed by atoms with Crippen LogP contribution in [0.25, 0.3) is 0 Å². The van der Waals surface area contributed by atoms with Crippen molar-refractivity contribution in [3.63, 3.8) is 0 Å². The quantitative estimate of drug-likeness (QED) is 0.241. The summed E-state index contributed by atoms with van der Waals surface area (Å²) in [6, 6.07) is 0. The summed E-state index contributed by atoms with van der Waals surface area (Å²) in [6.07, 6.45) is 8.00. The van der Waals surface area contributed by atoms with Crippen molar-refractivity contribution in [3.05, 3.63) is 0 Å². The number of hydrogen-bond acceptors (Lipinski definition) is 2. The molecule has 0 N–H and O–H groups in total. The Morgan fingerprint density at radius 1 is 0.889 bits per heavy atom. The van der Waals surface area contributed by atoms with Gasteiger partial charge >= 0.3 is 0 Å². The van der Waals surface area contributed by atoms with Gasteiger partial charge in [-0.15, -0.1) is 11.6 Å². The van der Waals surface area contributed by atoms with Gasteiger partial charge in [0.2, 0.25) is 6.29 Å². The number of halogens is 1. The Morgan fingerprint density at radius 3 is 2.00 bits per heavy atom. The van der Waals surface area contributed by atoms with E-state index < -0.39 is 0 Å². The zero-order chi connectivity index (χ0) is 13.5. The second-order valence-corrected chi connectivity index (χ2v) is 4.50. The highest BCUT2D eigenvalue weighted by Crippen LogP contribution is 2.07. The maximum Gasteiger partial charge on any atom is 0.222 e. The summed E-state index contributed by atoms with van der Waals surface area (Å²) in [5, 5.41) is 0. The minimum absolute atomic E-state index is 0.344. The fourth-order valence-corrected chi connectivity index (χ4v) is 1.79. The van der Waals surface area contributed by atoms with E-state index in [0.717, 1.165) is 18.7 Å². The molecule has 0 atom stereocenters. The van der Waals surface area contributed by atoms with Gasteiger partial charge in [-0.3, -0.25) is 0 Å². The lowest BCUT2D eigenvalue weighted by Gasteiger charge is -2.09. The average Bonchev–Trinajstić information content (AvgIpc) is 2.37. The summed E-state index contributed by atoms with van der Waals surface area (Å²) >= 11 is 5.62. The van der Waals surface area contributed by atoms with E-state index in [1.165, 1.54) is 32.1 Å². The Bertz CT molecular complexity index is 214. The zero-order valence-electron chi connectivity index (χ0n) is 11.8. The summed E-state index contributed by atoms with van der Waals surface area (Å²) < 4.78 is 10.7. The molecule has 0 rings (SSSR count). The molecule has 0 radical (unpaired) electrons. The predicted molar refractivity (Wildman–Crippen MR) is 77.9 cm³/mol. The summed E-state index contributed by atoms with van der Waals surface area (Å²) in [4.78, 5) is 0. The van der Waals surface area contributed by atoms with E-state index in [4.69, 9.17) is 21.1 Å². The third kappa shape index (κ3) is 12.2. The van der Waals surface area contributed by atoms with E-state index in [0.29, 0.717) is 13.2 Å². The highest BCUT2D eigenvalue weighted by atomic mass is 35.5. The third-order valence-corrected chi connectivity index (χ3v) is 2.81. The molecule has 0 aliphatic rings. The van der Waals surface area contributed by atoms with Crippen LogP contribution in [0.3, 0.4) is 0 Å². The minimum atomic E-state index is -0.344. The van der Waals surface area contributed by atoms with E-state index in [1.807, 2.05) is 13.8 Å². The van der Waals surface area contributed by atoms with Gasteiger partial charge in [0.25, 0.3) is 0 Å². The van der Waals surface area contributed by atoms with Crippen LogP contribution in [0.1, 0.15) is 58.8 Å². The summed E-state index contributed by atoms with van der Waals surface area (Å²) in [7, 11) is 0. The number of alkyl halides is 1. The number of rotatable bonds is 11. The minimum Gasteiger partial charge on any atom is -0.342 e. The summed E-state index contributed by atoms with van der Waals surface area (Å²) in [5.41, 5.74) is 0. The lowest BCUT2D eigenvalue weighted by molar-refractivity contribution is -0.0970. The first-order valence-electron chi connectivity index (χ1n) is 7.12. The first-order chi connectivity index (χ1) is 8.85. The van der Waals surface area contributed by atoms with Crippen LogP contribution in [-0.4, -0.2) is 25.4 Å². The molecule has 0 saturated heterocycles. The van der Waals surface area contributed by atoms with Crippen molar-refractivity contribution in [2.45, 2.75) is 65.1 Å². The van der Waals surface area contributed by atoms with Crippen molar-refractivity contribution >= 4 is 11.6 Å². The van der Waals surface area contributed by atoms with Crippen LogP contribution in [0.2, 0.25) is 0 Å². The van der Waals surface area contributed by atoms with Crippen molar-refractivity contribution in [2.75, 3.05) is 19.1 Å². The van der Waals surface area contributed by atoms with Crippen molar-refractivity contribution in [1.29, 1.82) is 0 Å². The van der Waals surface area contributed by atoms with Crippen molar-refractivity contribution in [3.8, 4) is 11.8 Å². The number of hydrogen-bond donors (Lipinski definition) is 0. The van der Waals surface area contributed by atoms with Gasteiger partial charge in [0.1, 0.15) is 0 Å². The Labute approximate surface area is 117 Å². The Balaban J connectivity index is 3.45. The lowest BCUT2D eigenvalue weighted by atomic mass is 10.1. The summed E-state index contributed by atoms with van der Waals surface area (Å²) in [5.74, 6) is 6.95. The van der Waals surface area contributed by atoms with Crippen LogP contribution in [0, 0.1) is 11.8 Å². The molecule has 0 saturated carbocycles. The first kappa shape index (κ1) is 17.8. The van der Waals surface area contributed by atoms with Gasteiger partial charge in [-0.25, -0.2) is 0 Å². The van der Waals surface area contributed by atoms with E-state index >= 15 is 0 Å². The second kappa shape index (κ2) is 14.8. The zero-order valence-corrected chi connectivity index (χ0v) is 12.6. The van der Waals surface area contributed by atoms with Crippen LogP contribution in [-0.2, 0) is 9.47 Å². The van der Waals surface area contributed by atoms with Crippen LogP contribution in [0.4, 0.5) is 0 Å². The van der Waals surface area contributed by atoms with Gasteiger partial charge in [0.15, 0.2) is 0 Å². The van der Waals surface area contributed by atoms with Gasteiger partial charge in [-0.1, -0.05) is 31.6 Å². The molecule has 0 aliphatic heterocycles. The smallest absolute Gasteiger partial charge is 0.222 e. The standard InChI is InChI=1S/C15H27ClO2/c1-3-17-15(18-4-2)13-11-9-7-5-6-8-10-12-14-16/h15H,3-10,12,14H2,1-2H3. The van der Waals surface area contributed by atoms with Crippen LogP contribution >= 0.6 is 11.6 Å². The molecule has 106 valence electrons. The highest BCUT2D eigenvalue weighted by molar-refractivity contribution is 6.17. The molecular weight excluding hydrogens is 248 g/mol. The molecule has 0 aliphatic carbocycles. The molecule has 0 aromatic rings. The number of unbranched alkanes of at least 4 members (excludes halogenated alkanes) is 6. The normalized spacial score (nSPS) is 10.4. The third-order valence-electron chi connectivity index (χ3n) is 2.54. The van der Waals surface area contributed by atoms with E-state index in [2.05, 4.69) is 11.8 Å². The second-order valence-electron chi connectivity index (χ2n) is 4.12. The Morgan fingerprint density at radius 2 is 1.44 bits per heavy atom. The predicted octanol–water partition coefficient (Wildman–Crippen LogP) is 4.36.